The number of amides is 2. The maximum atomic E-state index is 13.3. The first-order valence-corrected chi connectivity index (χ1v) is 13.6. The van der Waals surface area contributed by atoms with Gasteiger partial charge in [-0.05, 0) is 68.3 Å². The molecule has 0 unspecified atom stereocenters. The van der Waals surface area contributed by atoms with E-state index in [9.17, 15) is 18.0 Å². The predicted octanol–water partition coefficient (Wildman–Crippen LogP) is 5.85. The number of rotatable bonds is 8. The number of para-hydroxylation sites is 1. The molecule has 0 bridgehead atoms. The maximum Gasteiger partial charge on any atom is 0.261 e. The fourth-order valence-corrected chi connectivity index (χ4v) is 5.12. The van der Waals surface area contributed by atoms with Crippen molar-refractivity contribution < 1.29 is 18.0 Å². The fourth-order valence-electron chi connectivity index (χ4n) is 3.99. The first-order valence-electron chi connectivity index (χ1n) is 12.1. The summed E-state index contributed by atoms with van der Waals surface area (Å²) in [6.07, 6.45) is 0. The van der Waals surface area contributed by atoms with Crippen LogP contribution in [0.5, 0.6) is 0 Å². The molecule has 1 atom stereocenters. The highest BCUT2D eigenvalue weighted by molar-refractivity contribution is 7.92. The van der Waals surface area contributed by atoms with Crippen molar-refractivity contribution in [3.8, 4) is 0 Å². The minimum atomic E-state index is -3.84. The van der Waals surface area contributed by atoms with Crippen LogP contribution < -0.4 is 15.4 Å². The molecule has 4 rings (SSSR count). The number of hydrogen-bond donors (Lipinski definition) is 3. The largest absolute Gasteiger partial charge is 0.345 e. The van der Waals surface area contributed by atoms with Gasteiger partial charge in [-0.2, -0.15) is 0 Å². The number of aryl methyl sites for hydroxylation is 1. The van der Waals surface area contributed by atoms with E-state index in [0.29, 0.717) is 22.5 Å². The molecule has 194 valence electrons. The van der Waals surface area contributed by atoms with Gasteiger partial charge in [0.25, 0.3) is 21.8 Å². The van der Waals surface area contributed by atoms with E-state index in [2.05, 4.69) is 15.4 Å². The van der Waals surface area contributed by atoms with Gasteiger partial charge >= 0.3 is 0 Å². The molecule has 0 saturated carbocycles. The van der Waals surface area contributed by atoms with E-state index in [1.165, 1.54) is 12.1 Å². The van der Waals surface area contributed by atoms with Crippen molar-refractivity contribution in [2.45, 2.75) is 31.7 Å². The van der Waals surface area contributed by atoms with Crippen LogP contribution in [0, 0.1) is 13.8 Å². The van der Waals surface area contributed by atoms with Gasteiger partial charge < -0.3 is 10.6 Å². The molecule has 0 aliphatic heterocycles. The summed E-state index contributed by atoms with van der Waals surface area (Å²) >= 11 is 0. The lowest BCUT2D eigenvalue weighted by atomic mass is 10.1. The topological polar surface area (TPSA) is 104 Å². The number of anilines is 2. The standard InChI is InChI=1S/C30H29N3O4S/c1-20-16-18-24(19-17-20)38(36,37)33-27-15-9-13-25(21(27)2)29(34)32-28-14-8-7-12-26(28)30(35)31-22(3)23-10-5-4-6-11-23/h4-19,22,33H,1-3H3,(H,31,35)(H,32,34)/t22-/m0/s1. The molecular formula is C30H29N3O4S. The lowest BCUT2D eigenvalue weighted by Crippen LogP contribution is -2.28. The van der Waals surface area contributed by atoms with Crippen molar-refractivity contribution in [1.29, 1.82) is 0 Å². The van der Waals surface area contributed by atoms with Gasteiger partial charge in [-0.25, -0.2) is 8.42 Å². The maximum absolute atomic E-state index is 13.3. The number of carbonyl (C=O) groups is 2. The van der Waals surface area contributed by atoms with Crippen molar-refractivity contribution >= 4 is 33.2 Å². The quantitative estimate of drug-likeness (QED) is 0.267. The van der Waals surface area contributed by atoms with E-state index in [0.717, 1.165) is 11.1 Å². The van der Waals surface area contributed by atoms with Crippen molar-refractivity contribution in [1.82, 2.24) is 5.32 Å². The molecule has 0 aliphatic rings. The number of benzene rings is 4. The Balaban J connectivity index is 1.53. The van der Waals surface area contributed by atoms with Gasteiger partial charge in [0.05, 0.1) is 27.9 Å². The lowest BCUT2D eigenvalue weighted by molar-refractivity contribution is 0.0940. The summed E-state index contributed by atoms with van der Waals surface area (Å²) in [6.45, 7) is 5.44. The molecule has 0 radical (unpaired) electrons. The molecule has 0 heterocycles. The highest BCUT2D eigenvalue weighted by atomic mass is 32.2. The second-order valence-electron chi connectivity index (χ2n) is 9.00. The monoisotopic (exact) mass is 527 g/mol. The minimum absolute atomic E-state index is 0.127. The Bertz CT molecular complexity index is 1570. The van der Waals surface area contributed by atoms with Crippen molar-refractivity contribution in [2.75, 3.05) is 10.0 Å². The van der Waals surface area contributed by atoms with E-state index in [1.54, 1.807) is 61.5 Å². The summed E-state index contributed by atoms with van der Waals surface area (Å²) in [5, 5.41) is 5.78. The zero-order valence-electron chi connectivity index (χ0n) is 21.4. The zero-order valence-corrected chi connectivity index (χ0v) is 22.2. The van der Waals surface area contributed by atoms with Gasteiger partial charge in [-0.15, -0.1) is 0 Å². The Morgan fingerprint density at radius 3 is 2.00 bits per heavy atom. The highest BCUT2D eigenvalue weighted by Crippen LogP contribution is 2.25. The molecule has 38 heavy (non-hydrogen) atoms. The summed E-state index contributed by atoms with van der Waals surface area (Å²) in [6, 6.07) is 27.4. The van der Waals surface area contributed by atoms with Crippen molar-refractivity contribution in [2.24, 2.45) is 0 Å². The van der Waals surface area contributed by atoms with E-state index >= 15 is 0 Å². The summed E-state index contributed by atoms with van der Waals surface area (Å²) < 4.78 is 28.4. The zero-order chi connectivity index (χ0) is 27.3. The third-order valence-electron chi connectivity index (χ3n) is 6.22. The Labute approximate surface area is 223 Å². The van der Waals surface area contributed by atoms with Gasteiger partial charge in [0.2, 0.25) is 0 Å². The molecule has 0 spiro atoms. The summed E-state index contributed by atoms with van der Waals surface area (Å²) in [4.78, 5) is 26.4. The number of nitrogens with one attached hydrogen (secondary N) is 3. The minimum Gasteiger partial charge on any atom is -0.345 e. The van der Waals surface area contributed by atoms with E-state index in [-0.39, 0.29) is 22.4 Å². The van der Waals surface area contributed by atoms with Gasteiger partial charge in [-0.3, -0.25) is 14.3 Å². The van der Waals surface area contributed by atoms with Crippen LogP contribution in [0.4, 0.5) is 11.4 Å². The molecule has 4 aromatic rings. The molecule has 8 heteroatoms. The fraction of sp³-hybridized carbons (Fsp3) is 0.133. The molecule has 3 N–H and O–H groups in total. The normalized spacial score (nSPS) is 11.9. The van der Waals surface area contributed by atoms with Crippen LogP contribution in [0.15, 0.2) is 102 Å². The van der Waals surface area contributed by atoms with Crippen LogP contribution in [0.1, 0.15) is 50.4 Å². The van der Waals surface area contributed by atoms with E-state index in [1.807, 2.05) is 44.2 Å². The van der Waals surface area contributed by atoms with Crippen LogP contribution in [-0.2, 0) is 10.0 Å². The summed E-state index contributed by atoms with van der Waals surface area (Å²) in [7, 11) is -3.84. The Morgan fingerprint density at radius 1 is 0.684 bits per heavy atom. The van der Waals surface area contributed by atoms with E-state index in [4.69, 9.17) is 0 Å². The molecule has 0 aromatic heterocycles. The molecule has 0 fully saturated rings. The van der Waals surface area contributed by atoms with Gasteiger partial charge in [-0.1, -0.05) is 66.2 Å². The Hall–Kier alpha value is -4.43. The Kier molecular flexibility index (Phi) is 7.93. The average molecular weight is 528 g/mol. The molecule has 2 amide bonds. The average Bonchev–Trinajstić information content (AvgIpc) is 2.90. The van der Waals surface area contributed by atoms with Gasteiger partial charge in [0.1, 0.15) is 0 Å². The molecule has 4 aromatic carbocycles. The first kappa shape index (κ1) is 26.6. The summed E-state index contributed by atoms with van der Waals surface area (Å²) in [5.41, 5.74) is 3.60. The molecule has 0 aliphatic carbocycles. The number of hydrogen-bond acceptors (Lipinski definition) is 4. The smallest absolute Gasteiger partial charge is 0.261 e. The van der Waals surface area contributed by atoms with Crippen molar-refractivity contribution in [3.05, 3.63) is 125 Å². The SMILES string of the molecule is Cc1ccc(S(=O)(=O)Nc2cccc(C(=O)Nc3ccccc3C(=O)N[C@@H](C)c3ccccc3)c2C)cc1. The number of carbonyl (C=O) groups excluding carboxylic acids is 2. The van der Waals surface area contributed by atoms with Crippen LogP contribution in [-0.4, -0.2) is 20.2 Å². The number of sulfonamides is 1. The summed E-state index contributed by atoms with van der Waals surface area (Å²) in [5.74, 6) is -0.788. The van der Waals surface area contributed by atoms with Crippen LogP contribution in [0.25, 0.3) is 0 Å². The van der Waals surface area contributed by atoms with Gasteiger partial charge in [0.15, 0.2) is 0 Å². The van der Waals surface area contributed by atoms with Gasteiger partial charge in [0, 0.05) is 5.56 Å². The van der Waals surface area contributed by atoms with E-state index < -0.39 is 15.9 Å². The third-order valence-corrected chi connectivity index (χ3v) is 7.60. The second kappa shape index (κ2) is 11.3. The van der Waals surface area contributed by atoms with Crippen LogP contribution in [0.2, 0.25) is 0 Å². The Morgan fingerprint density at radius 2 is 1.29 bits per heavy atom. The second-order valence-corrected chi connectivity index (χ2v) is 10.7. The van der Waals surface area contributed by atoms with Crippen LogP contribution >= 0.6 is 0 Å². The highest BCUT2D eigenvalue weighted by Gasteiger charge is 2.20. The van der Waals surface area contributed by atoms with Crippen molar-refractivity contribution in [3.63, 3.8) is 0 Å². The predicted molar refractivity (Wildman–Crippen MR) is 150 cm³/mol. The lowest BCUT2D eigenvalue weighted by Gasteiger charge is -2.17. The third kappa shape index (κ3) is 6.10. The van der Waals surface area contributed by atoms with Crippen LogP contribution in [0.3, 0.4) is 0 Å². The molecule has 7 nitrogen and oxygen atoms in total. The molecular weight excluding hydrogens is 498 g/mol. The first-order chi connectivity index (χ1) is 18.2. The molecule has 0 saturated heterocycles.